The smallest absolute Gasteiger partial charge is 0.326 e. The first-order valence-corrected chi connectivity index (χ1v) is 7.56. The lowest BCUT2D eigenvalue weighted by atomic mass is 9.96. The molecule has 0 aromatic rings. The Morgan fingerprint density at radius 2 is 2.05 bits per heavy atom. The van der Waals surface area contributed by atoms with Crippen molar-refractivity contribution in [2.45, 2.75) is 57.9 Å². The van der Waals surface area contributed by atoms with Gasteiger partial charge in [-0.2, -0.15) is 0 Å². The SMILES string of the molecule is CCOC(=O)C(C)(CCCOCC1CCCC1)NC. The number of rotatable bonds is 9. The molecule has 1 saturated carbocycles. The van der Waals surface area contributed by atoms with Crippen LogP contribution in [0.5, 0.6) is 0 Å². The van der Waals surface area contributed by atoms with E-state index in [1.165, 1.54) is 25.7 Å². The molecule has 0 spiro atoms. The maximum absolute atomic E-state index is 11.8. The van der Waals surface area contributed by atoms with E-state index in [4.69, 9.17) is 9.47 Å². The maximum atomic E-state index is 11.8. The topological polar surface area (TPSA) is 47.6 Å². The molecule has 4 heteroatoms. The molecule has 1 unspecified atom stereocenters. The lowest BCUT2D eigenvalue weighted by Crippen LogP contribution is -2.48. The van der Waals surface area contributed by atoms with Crippen molar-refractivity contribution < 1.29 is 14.3 Å². The van der Waals surface area contributed by atoms with Crippen LogP contribution in [0.3, 0.4) is 0 Å². The molecule has 0 amide bonds. The zero-order valence-corrected chi connectivity index (χ0v) is 12.7. The van der Waals surface area contributed by atoms with E-state index in [1.807, 2.05) is 13.8 Å². The van der Waals surface area contributed by atoms with Crippen molar-refractivity contribution in [2.24, 2.45) is 5.92 Å². The Morgan fingerprint density at radius 1 is 1.37 bits per heavy atom. The molecule has 112 valence electrons. The van der Waals surface area contributed by atoms with Crippen molar-refractivity contribution in [3.05, 3.63) is 0 Å². The minimum atomic E-state index is -0.591. The second-order valence-electron chi connectivity index (χ2n) is 5.63. The van der Waals surface area contributed by atoms with E-state index in [9.17, 15) is 4.79 Å². The molecule has 0 saturated heterocycles. The summed E-state index contributed by atoms with van der Waals surface area (Å²) in [6.45, 7) is 5.76. The largest absolute Gasteiger partial charge is 0.465 e. The minimum Gasteiger partial charge on any atom is -0.465 e. The first kappa shape index (κ1) is 16.4. The molecule has 0 heterocycles. The van der Waals surface area contributed by atoms with E-state index in [1.54, 1.807) is 7.05 Å². The third kappa shape index (κ3) is 5.49. The Balaban J connectivity index is 2.15. The Morgan fingerprint density at radius 3 is 2.63 bits per heavy atom. The number of carbonyl (C=O) groups excluding carboxylic acids is 1. The van der Waals surface area contributed by atoms with Crippen molar-refractivity contribution in [3.63, 3.8) is 0 Å². The molecule has 1 aliphatic rings. The number of hydrogen-bond acceptors (Lipinski definition) is 4. The average Bonchev–Trinajstić information content (AvgIpc) is 2.91. The molecule has 1 atom stereocenters. The van der Waals surface area contributed by atoms with Crippen molar-refractivity contribution in [2.75, 3.05) is 26.9 Å². The molecular weight excluding hydrogens is 242 g/mol. The van der Waals surface area contributed by atoms with Crippen LogP contribution >= 0.6 is 0 Å². The zero-order chi connectivity index (χ0) is 14.1. The van der Waals surface area contributed by atoms with Crippen LogP contribution in [0.25, 0.3) is 0 Å². The fraction of sp³-hybridized carbons (Fsp3) is 0.933. The van der Waals surface area contributed by atoms with Crippen LogP contribution in [0.4, 0.5) is 0 Å². The predicted molar refractivity (Wildman–Crippen MR) is 76.1 cm³/mol. The van der Waals surface area contributed by atoms with Gasteiger partial charge in [-0.3, -0.25) is 4.79 Å². The number of nitrogens with one attached hydrogen (secondary N) is 1. The highest BCUT2D eigenvalue weighted by molar-refractivity contribution is 5.80. The summed E-state index contributed by atoms with van der Waals surface area (Å²) in [6.07, 6.45) is 6.97. The van der Waals surface area contributed by atoms with E-state index in [-0.39, 0.29) is 5.97 Å². The van der Waals surface area contributed by atoms with E-state index in [0.29, 0.717) is 6.61 Å². The molecule has 0 aromatic carbocycles. The standard InChI is InChI=1S/C15H29NO3/c1-4-19-14(17)15(2,16-3)10-7-11-18-12-13-8-5-6-9-13/h13,16H,4-12H2,1-3H3. The fourth-order valence-electron chi connectivity index (χ4n) is 2.57. The van der Waals surface area contributed by atoms with Crippen LogP contribution in [0.2, 0.25) is 0 Å². The molecule has 1 rings (SSSR count). The summed E-state index contributed by atoms with van der Waals surface area (Å²) in [5, 5.41) is 3.06. The van der Waals surface area contributed by atoms with Gasteiger partial charge in [0.25, 0.3) is 0 Å². The normalized spacial score (nSPS) is 19.3. The van der Waals surface area contributed by atoms with E-state index >= 15 is 0 Å². The van der Waals surface area contributed by atoms with Crippen molar-refractivity contribution in [1.29, 1.82) is 0 Å². The van der Waals surface area contributed by atoms with Crippen LogP contribution in [0.1, 0.15) is 52.4 Å². The third-order valence-corrected chi connectivity index (χ3v) is 4.07. The molecule has 0 aliphatic heterocycles. The molecule has 1 fully saturated rings. The second-order valence-corrected chi connectivity index (χ2v) is 5.63. The molecule has 0 radical (unpaired) electrons. The van der Waals surface area contributed by atoms with Crippen molar-refractivity contribution in [1.82, 2.24) is 5.32 Å². The van der Waals surface area contributed by atoms with Gasteiger partial charge in [-0.25, -0.2) is 0 Å². The number of likely N-dealkylation sites (N-methyl/N-ethyl adjacent to an activating group) is 1. The van der Waals surface area contributed by atoms with Crippen LogP contribution in [0, 0.1) is 5.92 Å². The monoisotopic (exact) mass is 271 g/mol. The van der Waals surface area contributed by atoms with E-state index < -0.39 is 5.54 Å². The third-order valence-electron chi connectivity index (χ3n) is 4.07. The van der Waals surface area contributed by atoms with Gasteiger partial charge in [0.15, 0.2) is 0 Å². The number of ether oxygens (including phenoxy) is 2. The number of hydrogen-bond donors (Lipinski definition) is 1. The second kappa shape index (κ2) is 8.54. The van der Waals surface area contributed by atoms with Gasteiger partial charge in [0, 0.05) is 13.2 Å². The van der Waals surface area contributed by atoms with E-state index in [0.717, 1.165) is 32.0 Å². The average molecular weight is 271 g/mol. The quantitative estimate of drug-likeness (QED) is 0.517. The highest BCUT2D eigenvalue weighted by Gasteiger charge is 2.32. The predicted octanol–water partition coefficient (Wildman–Crippen LogP) is 2.51. The van der Waals surface area contributed by atoms with Gasteiger partial charge in [-0.1, -0.05) is 12.8 Å². The summed E-state index contributed by atoms with van der Waals surface area (Å²) in [5.74, 6) is 0.592. The van der Waals surface area contributed by atoms with Crippen molar-refractivity contribution in [3.8, 4) is 0 Å². The molecule has 0 aromatic heterocycles. The lowest BCUT2D eigenvalue weighted by molar-refractivity contribution is -0.150. The van der Waals surface area contributed by atoms with Gasteiger partial charge in [0.1, 0.15) is 5.54 Å². The van der Waals surface area contributed by atoms with Gasteiger partial charge in [0.2, 0.25) is 0 Å². The first-order valence-electron chi connectivity index (χ1n) is 7.56. The first-order chi connectivity index (χ1) is 9.12. The van der Waals surface area contributed by atoms with Gasteiger partial charge >= 0.3 is 5.97 Å². The molecule has 19 heavy (non-hydrogen) atoms. The summed E-state index contributed by atoms with van der Waals surface area (Å²) in [5.41, 5.74) is -0.591. The summed E-state index contributed by atoms with van der Waals surface area (Å²) in [4.78, 5) is 11.8. The van der Waals surface area contributed by atoms with Crippen LogP contribution in [0.15, 0.2) is 0 Å². The minimum absolute atomic E-state index is 0.173. The fourth-order valence-corrected chi connectivity index (χ4v) is 2.57. The summed E-state index contributed by atoms with van der Waals surface area (Å²) in [7, 11) is 1.80. The van der Waals surface area contributed by atoms with Gasteiger partial charge in [-0.15, -0.1) is 0 Å². The molecular formula is C15H29NO3. The lowest BCUT2D eigenvalue weighted by Gasteiger charge is -2.26. The van der Waals surface area contributed by atoms with Crippen molar-refractivity contribution >= 4 is 5.97 Å². The maximum Gasteiger partial charge on any atom is 0.326 e. The molecule has 1 aliphatic carbocycles. The summed E-state index contributed by atoms with van der Waals surface area (Å²) < 4.78 is 10.8. The Kier molecular flexibility index (Phi) is 7.39. The zero-order valence-electron chi connectivity index (χ0n) is 12.7. The van der Waals surface area contributed by atoms with Gasteiger partial charge in [0.05, 0.1) is 6.61 Å². The van der Waals surface area contributed by atoms with E-state index in [2.05, 4.69) is 5.32 Å². The Bertz CT molecular complexity index is 264. The Labute approximate surface area is 117 Å². The highest BCUT2D eigenvalue weighted by Crippen LogP contribution is 2.24. The molecule has 1 N–H and O–H groups in total. The van der Waals surface area contributed by atoms with Gasteiger partial charge < -0.3 is 14.8 Å². The van der Waals surface area contributed by atoms with Crippen LogP contribution in [-0.4, -0.2) is 38.4 Å². The number of esters is 1. The summed E-state index contributed by atoms with van der Waals surface area (Å²) in [6, 6.07) is 0. The van der Waals surface area contributed by atoms with Gasteiger partial charge in [-0.05, 0) is 52.5 Å². The highest BCUT2D eigenvalue weighted by atomic mass is 16.5. The summed E-state index contributed by atoms with van der Waals surface area (Å²) >= 11 is 0. The van der Waals surface area contributed by atoms with Crippen LogP contribution in [-0.2, 0) is 14.3 Å². The molecule has 4 nitrogen and oxygen atoms in total. The molecule has 0 bridgehead atoms. The Hall–Kier alpha value is -0.610. The van der Waals surface area contributed by atoms with Crippen LogP contribution < -0.4 is 5.32 Å². The number of carbonyl (C=O) groups is 1.